The van der Waals surface area contributed by atoms with Crippen molar-refractivity contribution in [2.75, 3.05) is 23.8 Å². The van der Waals surface area contributed by atoms with Gasteiger partial charge in [0.25, 0.3) is 15.9 Å². The predicted octanol–water partition coefficient (Wildman–Crippen LogP) is 3.82. The highest BCUT2D eigenvalue weighted by atomic mass is 32.2. The van der Waals surface area contributed by atoms with Gasteiger partial charge in [0, 0.05) is 17.4 Å². The number of carbonyl (C=O) groups excluding carboxylic acids is 1. The monoisotopic (exact) mass is 426 g/mol. The summed E-state index contributed by atoms with van der Waals surface area (Å²) >= 11 is 0. The number of methoxy groups -OCH3 is 1. The average Bonchev–Trinajstić information content (AvgIpc) is 2.74. The van der Waals surface area contributed by atoms with Gasteiger partial charge < -0.3 is 14.8 Å². The molecule has 0 aliphatic rings. The summed E-state index contributed by atoms with van der Waals surface area (Å²) in [6, 6.07) is 19.9. The third-order valence-electron chi connectivity index (χ3n) is 4.16. The molecule has 0 aliphatic heterocycles. The van der Waals surface area contributed by atoms with Crippen LogP contribution in [-0.4, -0.2) is 28.0 Å². The normalized spacial score (nSPS) is 10.9. The van der Waals surface area contributed by atoms with Crippen molar-refractivity contribution in [1.29, 1.82) is 0 Å². The minimum absolute atomic E-state index is 0.0914. The zero-order valence-electron chi connectivity index (χ0n) is 16.6. The van der Waals surface area contributed by atoms with Crippen molar-refractivity contribution >= 4 is 27.3 Å². The fourth-order valence-corrected chi connectivity index (χ4v) is 3.65. The number of hydrogen-bond acceptors (Lipinski definition) is 5. The molecule has 0 radical (unpaired) electrons. The molecule has 0 bridgehead atoms. The van der Waals surface area contributed by atoms with Crippen LogP contribution in [0.1, 0.15) is 5.56 Å². The number of rotatable bonds is 8. The largest absolute Gasteiger partial charge is 0.497 e. The molecule has 1 amide bonds. The first-order valence-corrected chi connectivity index (χ1v) is 10.6. The van der Waals surface area contributed by atoms with Gasteiger partial charge in [0.15, 0.2) is 6.61 Å². The van der Waals surface area contributed by atoms with Crippen molar-refractivity contribution in [2.24, 2.45) is 0 Å². The molecule has 156 valence electrons. The van der Waals surface area contributed by atoms with Crippen molar-refractivity contribution < 1.29 is 22.7 Å². The molecule has 3 aromatic rings. The smallest absolute Gasteiger partial charge is 0.262 e. The predicted molar refractivity (Wildman–Crippen MR) is 116 cm³/mol. The molecule has 0 unspecified atom stereocenters. The Morgan fingerprint density at radius 3 is 2.20 bits per heavy atom. The number of amides is 1. The van der Waals surface area contributed by atoms with Crippen LogP contribution in [0.4, 0.5) is 11.4 Å². The van der Waals surface area contributed by atoms with Crippen LogP contribution >= 0.6 is 0 Å². The number of anilines is 2. The van der Waals surface area contributed by atoms with Gasteiger partial charge in [0.05, 0.1) is 12.0 Å². The first-order chi connectivity index (χ1) is 14.4. The Morgan fingerprint density at radius 1 is 0.900 bits per heavy atom. The molecular weight excluding hydrogens is 404 g/mol. The number of hydrogen-bond donors (Lipinski definition) is 2. The summed E-state index contributed by atoms with van der Waals surface area (Å²) in [6.07, 6.45) is 0. The molecule has 0 heterocycles. The Labute approximate surface area is 175 Å². The molecule has 3 aromatic carbocycles. The lowest BCUT2D eigenvalue weighted by molar-refractivity contribution is -0.118. The Kier molecular flexibility index (Phi) is 6.58. The molecule has 3 rings (SSSR count). The highest BCUT2D eigenvalue weighted by Crippen LogP contribution is 2.20. The van der Waals surface area contributed by atoms with Gasteiger partial charge in [0.2, 0.25) is 0 Å². The van der Waals surface area contributed by atoms with E-state index in [1.54, 1.807) is 43.5 Å². The molecular formula is C22H22N2O5S. The van der Waals surface area contributed by atoms with E-state index < -0.39 is 10.0 Å². The maximum absolute atomic E-state index is 12.5. The van der Waals surface area contributed by atoms with E-state index in [1.165, 1.54) is 24.3 Å². The van der Waals surface area contributed by atoms with Gasteiger partial charge in [-0.05, 0) is 55.5 Å². The number of nitrogens with one attached hydrogen (secondary N) is 2. The van der Waals surface area contributed by atoms with Crippen LogP contribution in [-0.2, 0) is 14.8 Å². The molecule has 0 saturated carbocycles. The molecule has 0 atom stereocenters. The molecule has 0 aliphatic carbocycles. The second-order valence-corrected chi connectivity index (χ2v) is 8.19. The number of aryl methyl sites for hydroxylation is 1. The lowest BCUT2D eigenvalue weighted by Crippen LogP contribution is -2.20. The van der Waals surface area contributed by atoms with E-state index in [4.69, 9.17) is 9.47 Å². The third kappa shape index (κ3) is 5.74. The third-order valence-corrected chi connectivity index (χ3v) is 5.56. The molecule has 7 nitrogen and oxygen atoms in total. The minimum Gasteiger partial charge on any atom is -0.497 e. The summed E-state index contributed by atoms with van der Waals surface area (Å²) in [4.78, 5) is 12.2. The van der Waals surface area contributed by atoms with Crippen molar-refractivity contribution in [3.05, 3.63) is 78.4 Å². The van der Waals surface area contributed by atoms with Gasteiger partial charge >= 0.3 is 0 Å². The standard InChI is InChI=1S/C22H22N2O5S/c1-16-6-8-18(9-7-16)24-30(26,27)21-12-10-17(11-13-21)23-22(25)15-29-20-5-3-4-19(14-20)28-2/h3-14,24H,15H2,1-2H3,(H,23,25). The van der Waals surface area contributed by atoms with E-state index >= 15 is 0 Å². The Morgan fingerprint density at radius 2 is 1.53 bits per heavy atom. The van der Waals surface area contributed by atoms with Crippen LogP contribution in [0.15, 0.2) is 77.7 Å². The van der Waals surface area contributed by atoms with Gasteiger partial charge in [-0.1, -0.05) is 23.8 Å². The van der Waals surface area contributed by atoms with Crippen LogP contribution in [0.5, 0.6) is 11.5 Å². The molecule has 8 heteroatoms. The van der Waals surface area contributed by atoms with E-state index in [-0.39, 0.29) is 17.4 Å². The van der Waals surface area contributed by atoms with Gasteiger partial charge in [-0.25, -0.2) is 8.42 Å². The van der Waals surface area contributed by atoms with Crippen molar-refractivity contribution in [1.82, 2.24) is 0 Å². The zero-order chi connectivity index (χ0) is 21.6. The van der Waals surface area contributed by atoms with Crippen molar-refractivity contribution in [3.63, 3.8) is 0 Å². The number of carbonyl (C=O) groups is 1. The summed E-state index contributed by atoms with van der Waals surface area (Å²) < 4.78 is 38.1. The molecule has 30 heavy (non-hydrogen) atoms. The summed E-state index contributed by atoms with van der Waals surface area (Å²) in [7, 11) is -2.18. The lowest BCUT2D eigenvalue weighted by Gasteiger charge is -2.10. The topological polar surface area (TPSA) is 93.7 Å². The molecule has 0 aromatic heterocycles. The average molecular weight is 426 g/mol. The summed E-state index contributed by atoms with van der Waals surface area (Å²) in [5.41, 5.74) is 1.98. The summed E-state index contributed by atoms with van der Waals surface area (Å²) in [5.74, 6) is 0.767. The van der Waals surface area contributed by atoms with E-state index in [0.717, 1.165) is 5.56 Å². The SMILES string of the molecule is COc1cccc(OCC(=O)Nc2ccc(S(=O)(=O)Nc3ccc(C)cc3)cc2)c1. The summed E-state index contributed by atoms with van der Waals surface area (Å²) in [5, 5.41) is 2.66. The van der Waals surface area contributed by atoms with Gasteiger partial charge in [-0.3, -0.25) is 9.52 Å². The van der Waals surface area contributed by atoms with Crippen LogP contribution < -0.4 is 19.5 Å². The maximum atomic E-state index is 12.5. The number of benzene rings is 3. The Balaban J connectivity index is 1.58. The van der Waals surface area contributed by atoms with E-state index in [1.807, 2.05) is 19.1 Å². The van der Waals surface area contributed by atoms with Crippen LogP contribution in [0, 0.1) is 6.92 Å². The minimum atomic E-state index is -3.72. The molecule has 2 N–H and O–H groups in total. The Hall–Kier alpha value is -3.52. The summed E-state index contributed by atoms with van der Waals surface area (Å²) in [6.45, 7) is 1.73. The van der Waals surface area contributed by atoms with E-state index in [0.29, 0.717) is 22.9 Å². The van der Waals surface area contributed by atoms with Crippen molar-refractivity contribution in [2.45, 2.75) is 11.8 Å². The first kappa shape index (κ1) is 21.2. The zero-order valence-corrected chi connectivity index (χ0v) is 17.4. The fraction of sp³-hybridized carbons (Fsp3) is 0.136. The molecule has 0 spiro atoms. The van der Waals surface area contributed by atoms with Gasteiger partial charge in [-0.15, -0.1) is 0 Å². The van der Waals surface area contributed by atoms with Gasteiger partial charge in [0.1, 0.15) is 11.5 Å². The lowest BCUT2D eigenvalue weighted by atomic mass is 10.2. The van der Waals surface area contributed by atoms with Crippen molar-refractivity contribution in [3.8, 4) is 11.5 Å². The fourth-order valence-electron chi connectivity index (χ4n) is 2.59. The van der Waals surface area contributed by atoms with Gasteiger partial charge in [-0.2, -0.15) is 0 Å². The second kappa shape index (κ2) is 9.32. The van der Waals surface area contributed by atoms with E-state index in [2.05, 4.69) is 10.0 Å². The maximum Gasteiger partial charge on any atom is 0.262 e. The molecule has 0 fully saturated rings. The highest BCUT2D eigenvalue weighted by Gasteiger charge is 2.14. The molecule has 0 saturated heterocycles. The number of ether oxygens (including phenoxy) is 2. The van der Waals surface area contributed by atoms with E-state index in [9.17, 15) is 13.2 Å². The quantitative estimate of drug-likeness (QED) is 0.571. The highest BCUT2D eigenvalue weighted by molar-refractivity contribution is 7.92. The Bertz CT molecular complexity index is 1110. The van der Waals surface area contributed by atoms with Crippen LogP contribution in [0.25, 0.3) is 0 Å². The second-order valence-electron chi connectivity index (χ2n) is 6.51. The van der Waals surface area contributed by atoms with Crippen LogP contribution in [0.2, 0.25) is 0 Å². The van der Waals surface area contributed by atoms with Crippen LogP contribution in [0.3, 0.4) is 0 Å². The number of sulfonamides is 1. The first-order valence-electron chi connectivity index (χ1n) is 9.12.